The lowest BCUT2D eigenvalue weighted by molar-refractivity contribution is -0.134. The number of amidine groups is 1. The van der Waals surface area contributed by atoms with E-state index in [0.29, 0.717) is 37.7 Å². The van der Waals surface area contributed by atoms with E-state index in [2.05, 4.69) is 20.6 Å². The Hall–Kier alpha value is -2.68. The van der Waals surface area contributed by atoms with Crippen LogP contribution in [0.1, 0.15) is 39.2 Å². The fraction of sp³-hybridized carbons (Fsp3) is 0.579. The van der Waals surface area contributed by atoms with E-state index in [1.54, 1.807) is 24.1 Å². The van der Waals surface area contributed by atoms with Crippen LogP contribution in [-0.4, -0.2) is 75.6 Å². The van der Waals surface area contributed by atoms with Gasteiger partial charge in [0.05, 0.1) is 6.10 Å². The Balaban J connectivity index is 1.80. The molecule has 152 valence electrons. The van der Waals surface area contributed by atoms with E-state index in [1.165, 1.54) is 4.90 Å². The number of nitrogens with zero attached hydrogens (tertiary/aromatic N) is 4. The number of pyridine rings is 1. The molecule has 3 atom stereocenters. The summed E-state index contributed by atoms with van der Waals surface area (Å²) in [5.74, 6) is 0.977. The fourth-order valence-electron chi connectivity index (χ4n) is 3.38. The summed E-state index contributed by atoms with van der Waals surface area (Å²) in [5, 5.41) is 15.6. The summed E-state index contributed by atoms with van der Waals surface area (Å²) < 4.78 is 0. The minimum atomic E-state index is -0.571. The number of fused-ring (bicyclic) bond motifs is 1. The van der Waals surface area contributed by atoms with Crippen LogP contribution < -0.4 is 10.6 Å². The summed E-state index contributed by atoms with van der Waals surface area (Å²) in [5.41, 5.74) is 0.746. The smallest absolute Gasteiger partial charge is 0.328 e. The minimum Gasteiger partial charge on any atom is -0.392 e. The molecule has 9 heteroatoms. The molecule has 0 spiro atoms. The van der Waals surface area contributed by atoms with E-state index in [-0.39, 0.29) is 11.9 Å². The first-order valence-electron chi connectivity index (χ1n) is 9.80. The van der Waals surface area contributed by atoms with Crippen molar-refractivity contribution in [3.63, 3.8) is 0 Å². The molecular formula is C19H28N6O3. The Morgan fingerprint density at radius 3 is 2.61 bits per heavy atom. The quantitative estimate of drug-likeness (QED) is 0.613. The van der Waals surface area contributed by atoms with E-state index in [4.69, 9.17) is 0 Å². The first-order chi connectivity index (χ1) is 13.5. The van der Waals surface area contributed by atoms with Crippen molar-refractivity contribution >= 4 is 23.6 Å². The highest BCUT2D eigenvalue weighted by Gasteiger charge is 2.49. The van der Waals surface area contributed by atoms with Crippen molar-refractivity contribution in [2.75, 3.05) is 25.0 Å². The monoisotopic (exact) mass is 388 g/mol. The lowest BCUT2D eigenvalue weighted by atomic mass is 10.1. The number of carbonyl (C=O) groups is 2. The van der Waals surface area contributed by atoms with Crippen LogP contribution in [0.4, 0.5) is 10.6 Å². The summed E-state index contributed by atoms with van der Waals surface area (Å²) in [6, 6.07) is 2.81. The molecule has 2 aliphatic rings. The maximum Gasteiger partial charge on any atom is 0.328 e. The molecule has 0 bridgehead atoms. The third-order valence-electron chi connectivity index (χ3n) is 4.71. The van der Waals surface area contributed by atoms with E-state index in [1.807, 2.05) is 19.9 Å². The molecule has 0 saturated carbocycles. The Morgan fingerprint density at radius 1 is 1.25 bits per heavy atom. The lowest BCUT2D eigenvalue weighted by Gasteiger charge is -2.40. The third kappa shape index (κ3) is 3.94. The molecule has 0 aromatic carbocycles. The Morgan fingerprint density at radius 2 is 2.00 bits per heavy atom. The molecule has 1 aromatic heterocycles. The topological polar surface area (TPSA) is 110 Å². The number of amides is 3. The van der Waals surface area contributed by atoms with Gasteiger partial charge in [-0.1, -0.05) is 13.8 Å². The second-order valence-electron chi connectivity index (χ2n) is 7.14. The molecule has 28 heavy (non-hydrogen) atoms. The van der Waals surface area contributed by atoms with Gasteiger partial charge in [-0.3, -0.25) is 14.6 Å². The predicted octanol–water partition coefficient (Wildman–Crippen LogP) is 1.00. The Bertz CT molecular complexity index is 749. The summed E-state index contributed by atoms with van der Waals surface area (Å²) in [6.07, 6.45) is 2.17. The number of aliphatic hydroxyl groups is 1. The number of hydrogen-bond donors (Lipinski definition) is 3. The number of hydrogen-bond acceptors (Lipinski definition) is 7. The molecule has 1 fully saturated rings. The van der Waals surface area contributed by atoms with Crippen molar-refractivity contribution in [1.29, 1.82) is 0 Å². The molecule has 0 radical (unpaired) electrons. The van der Waals surface area contributed by atoms with Gasteiger partial charge in [0.1, 0.15) is 17.7 Å². The van der Waals surface area contributed by atoms with E-state index >= 15 is 0 Å². The molecule has 3 N–H and O–H groups in total. The van der Waals surface area contributed by atoms with Crippen LogP contribution in [0.3, 0.4) is 0 Å². The standard InChI is InChI=1S/C19H28N6O3/c1-4-8-24-17-15(18(27)25(9-5-2)19(24)28)22-16(23-17)13-6-7-14(21-11-13)20-10-12(3)26/h6-7,11-12,15,17,26H,4-5,8-10H2,1-3H3,(H,20,21)(H,22,23). The highest BCUT2D eigenvalue weighted by Crippen LogP contribution is 2.25. The zero-order valence-electron chi connectivity index (χ0n) is 16.6. The van der Waals surface area contributed by atoms with Gasteiger partial charge in [-0.05, 0) is 31.9 Å². The molecular weight excluding hydrogens is 360 g/mol. The average molecular weight is 388 g/mol. The predicted molar refractivity (Wildman–Crippen MR) is 106 cm³/mol. The zero-order chi connectivity index (χ0) is 20.3. The van der Waals surface area contributed by atoms with Crippen molar-refractivity contribution in [2.45, 2.75) is 51.9 Å². The molecule has 0 aliphatic carbocycles. The van der Waals surface area contributed by atoms with Crippen LogP contribution in [0.5, 0.6) is 0 Å². The minimum absolute atomic E-state index is 0.230. The Labute approximate surface area is 164 Å². The molecule has 2 aliphatic heterocycles. The van der Waals surface area contributed by atoms with Crippen LogP contribution >= 0.6 is 0 Å². The van der Waals surface area contributed by atoms with Crippen LogP contribution in [0.15, 0.2) is 23.3 Å². The number of aliphatic hydroxyl groups excluding tert-OH is 1. The van der Waals surface area contributed by atoms with Crippen molar-refractivity contribution in [3.05, 3.63) is 23.9 Å². The number of aliphatic imine (C=N–C) groups is 1. The molecule has 3 rings (SSSR count). The summed E-state index contributed by atoms with van der Waals surface area (Å²) in [6.45, 7) is 7.00. The average Bonchev–Trinajstić information content (AvgIpc) is 3.13. The van der Waals surface area contributed by atoms with Gasteiger partial charge in [-0.25, -0.2) is 14.8 Å². The highest BCUT2D eigenvalue weighted by atomic mass is 16.3. The van der Waals surface area contributed by atoms with Crippen molar-refractivity contribution in [2.24, 2.45) is 4.99 Å². The molecule has 1 aromatic rings. The van der Waals surface area contributed by atoms with Gasteiger partial charge in [-0.2, -0.15) is 0 Å². The van der Waals surface area contributed by atoms with Crippen molar-refractivity contribution < 1.29 is 14.7 Å². The molecule has 3 unspecified atom stereocenters. The van der Waals surface area contributed by atoms with Gasteiger partial charge >= 0.3 is 6.03 Å². The molecule has 1 saturated heterocycles. The SMILES string of the molecule is CCCN1C(=O)C2NC(c3ccc(NCC(C)O)nc3)=NC2N(CCC)C1=O. The van der Waals surface area contributed by atoms with Crippen molar-refractivity contribution in [1.82, 2.24) is 20.1 Å². The summed E-state index contributed by atoms with van der Waals surface area (Å²) in [4.78, 5) is 37.6. The number of nitrogens with one attached hydrogen (secondary N) is 2. The number of carbonyl (C=O) groups excluding carboxylic acids is 2. The van der Waals surface area contributed by atoms with Gasteiger partial charge in [0.2, 0.25) is 0 Å². The van der Waals surface area contributed by atoms with Crippen molar-refractivity contribution in [3.8, 4) is 0 Å². The number of urea groups is 1. The van der Waals surface area contributed by atoms with Gasteiger partial charge in [0.25, 0.3) is 5.91 Å². The third-order valence-corrected chi connectivity index (χ3v) is 4.71. The summed E-state index contributed by atoms with van der Waals surface area (Å²) >= 11 is 0. The maximum absolute atomic E-state index is 12.8. The molecule has 3 amide bonds. The maximum atomic E-state index is 12.8. The van der Waals surface area contributed by atoms with Crippen LogP contribution in [0.2, 0.25) is 0 Å². The van der Waals surface area contributed by atoms with E-state index < -0.39 is 18.3 Å². The molecule has 3 heterocycles. The number of aromatic nitrogens is 1. The van der Waals surface area contributed by atoms with Gasteiger partial charge in [0, 0.05) is 31.4 Å². The van der Waals surface area contributed by atoms with Crippen LogP contribution in [-0.2, 0) is 4.79 Å². The Kier molecular flexibility index (Phi) is 6.13. The number of anilines is 1. The van der Waals surface area contributed by atoms with E-state index in [9.17, 15) is 14.7 Å². The zero-order valence-corrected chi connectivity index (χ0v) is 16.6. The molecule has 9 nitrogen and oxygen atoms in total. The van der Waals surface area contributed by atoms with Crippen LogP contribution in [0.25, 0.3) is 0 Å². The normalized spacial score (nSPS) is 22.6. The van der Waals surface area contributed by atoms with E-state index in [0.717, 1.165) is 12.0 Å². The largest absolute Gasteiger partial charge is 0.392 e. The first-order valence-corrected chi connectivity index (χ1v) is 9.80. The van der Waals surface area contributed by atoms with Gasteiger partial charge in [0.15, 0.2) is 6.17 Å². The summed E-state index contributed by atoms with van der Waals surface area (Å²) in [7, 11) is 0. The van der Waals surface area contributed by atoms with Gasteiger partial charge < -0.3 is 15.7 Å². The second kappa shape index (κ2) is 8.55. The lowest BCUT2D eigenvalue weighted by Crippen LogP contribution is -2.65. The van der Waals surface area contributed by atoms with Crippen LogP contribution in [0, 0.1) is 0 Å². The number of rotatable bonds is 8. The fourth-order valence-corrected chi connectivity index (χ4v) is 3.38. The first kappa shape index (κ1) is 20.1. The second-order valence-corrected chi connectivity index (χ2v) is 7.14. The highest BCUT2D eigenvalue weighted by molar-refractivity contribution is 6.08. The number of imide groups is 1. The van der Waals surface area contributed by atoms with Gasteiger partial charge in [-0.15, -0.1) is 0 Å².